The molecule has 2 aromatic carbocycles. The number of methoxy groups -OCH3 is 1. The molecule has 1 N–H and O–H groups in total. The first kappa shape index (κ1) is 14.3. The molecule has 0 saturated heterocycles. The second-order valence-corrected chi connectivity index (χ2v) is 4.58. The molecule has 0 fully saturated rings. The highest BCUT2D eigenvalue weighted by Crippen LogP contribution is 2.37. The molecule has 2 rings (SSSR count). The van der Waals surface area contributed by atoms with Crippen LogP contribution in [0.1, 0.15) is 24.2 Å². The summed E-state index contributed by atoms with van der Waals surface area (Å²) in [7, 11) is 1.51. The van der Waals surface area contributed by atoms with Crippen molar-refractivity contribution in [3.8, 4) is 17.2 Å². The highest BCUT2D eigenvalue weighted by molar-refractivity contribution is 5.48. The van der Waals surface area contributed by atoms with Crippen LogP contribution in [0, 0.1) is 12.7 Å². The first-order chi connectivity index (χ1) is 9.52. The van der Waals surface area contributed by atoms with Gasteiger partial charge in [-0.3, -0.25) is 0 Å². The molecule has 1 unspecified atom stereocenters. The number of halogens is 1. The van der Waals surface area contributed by atoms with Gasteiger partial charge in [0.25, 0.3) is 0 Å². The van der Waals surface area contributed by atoms with Gasteiger partial charge in [-0.2, -0.15) is 0 Å². The van der Waals surface area contributed by atoms with Gasteiger partial charge in [-0.15, -0.1) is 0 Å². The fourth-order valence-corrected chi connectivity index (χ4v) is 2.01. The molecule has 0 bridgehead atoms. The Morgan fingerprint density at radius 2 is 1.80 bits per heavy atom. The van der Waals surface area contributed by atoms with E-state index in [2.05, 4.69) is 0 Å². The summed E-state index contributed by atoms with van der Waals surface area (Å²) in [6.45, 7) is 3.46. The molecule has 0 radical (unpaired) electrons. The van der Waals surface area contributed by atoms with Gasteiger partial charge in [0.2, 0.25) is 0 Å². The summed E-state index contributed by atoms with van der Waals surface area (Å²) in [6, 6.07) is 9.76. The van der Waals surface area contributed by atoms with Gasteiger partial charge >= 0.3 is 0 Å². The molecular formula is C16H17FO3. The van der Waals surface area contributed by atoms with Crippen LogP contribution >= 0.6 is 0 Å². The van der Waals surface area contributed by atoms with E-state index >= 15 is 0 Å². The van der Waals surface area contributed by atoms with Crippen LogP contribution in [0.25, 0.3) is 0 Å². The van der Waals surface area contributed by atoms with Crippen molar-refractivity contribution in [3.63, 3.8) is 0 Å². The molecule has 0 saturated carbocycles. The van der Waals surface area contributed by atoms with Crippen LogP contribution in [0.15, 0.2) is 36.4 Å². The molecule has 0 aromatic heterocycles. The fraction of sp³-hybridized carbons (Fsp3) is 0.250. The molecule has 4 heteroatoms. The lowest BCUT2D eigenvalue weighted by Gasteiger charge is -2.17. The normalized spacial score (nSPS) is 12.1. The summed E-state index contributed by atoms with van der Waals surface area (Å²) < 4.78 is 24.6. The van der Waals surface area contributed by atoms with Gasteiger partial charge in [-0.25, -0.2) is 4.39 Å². The van der Waals surface area contributed by atoms with Crippen LogP contribution in [0.2, 0.25) is 0 Å². The van der Waals surface area contributed by atoms with Crippen molar-refractivity contribution in [1.29, 1.82) is 0 Å². The molecular weight excluding hydrogens is 259 g/mol. The molecule has 20 heavy (non-hydrogen) atoms. The molecule has 1 atom stereocenters. The molecule has 2 aromatic rings. The van der Waals surface area contributed by atoms with E-state index in [0.717, 1.165) is 5.56 Å². The van der Waals surface area contributed by atoms with Gasteiger partial charge in [-0.1, -0.05) is 12.1 Å². The van der Waals surface area contributed by atoms with Crippen molar-refractivity contribution in [3.05, 3.63) is 53.3 Å². The summed E-state index contributed by atoms with van der Waals surface area (Å²) in [5, 5.41) is 9.86. The van der Waals surface area contributed by atoms with Crippen LogP contribution in [0.4, 0.5) is 4.39 Å². The van der Waals surface area contributed by atoms with E-state index in [0.29, 0.717) is 17.1 Å². The lowest BCUT2D eigenvalue weighted by Crippen LogP contribution is -2.00. The minimum absolute atomic E-state index is 0.125. The molecule has 3 nitrogen and oxygen atoms in total. The van der Waals surface area contributed by atoms with Crippen molar-refractivity contribution >= 4 is 0 Å². The zero-order valence-electron chi connectivity index (χ0n) is 11.7. The van der Waals surface area contributed by atoms with Gasteiger partial charge in [0.1, 0.15) is 11.5 Å². The second-order valence-electron chi connectivity index (χ2n) is 4.58. The van der Waals surface area contributed by atoms with Gasteiger partial charge in [0, 0.05) is 0 Å². The highest BCUT2D eigenvalue weighted by atomic mass is 19.1. The van der Waals surface area contributed by atoms with Gasteiger partial charge in [-0.05, 0) is 43.7 Å². The third-order valence-electron chi connectivity index (χ3n) is 2.97. The first-order valence-corrected chi connectivity index (χ1v) is 6.32. The highest BCUT2D eigenvalue weighted by Gasteiger charge is 2.17. The van der Waals surface area contributed by atoms with Crippen LogP contribution in [-0.4, -0.2) is 12.2 Å². The van der Waals surface area contributed by atoms with E-state index in [1.165, 1.54) is 13.2 Å². The Labute approximate surface area is 117 Å². The standard InChI is InChI=1S/C16H17FO3/c1-10-7-8-12(17)15(9-10)20-14-6-4-5-13(19-3)16(14)11(2)18/h4-9,11,18H,1-3H3. The van der Waals surface area contributed by atoms with Gasteiger partial charge in [0.05, 0.1) is 18.8 Å². The Bertz CT molecular complexity index is 609. The largest absolute Gasteiger partial charge is 0.496 e. The molecule has 0 spiro atoms. The average molecular weight is 276 g/mol. The summed E-state index contributed by atoms with van der Waals surface area (Å²) in [6.07, 6.45) is -0.783. The average Bonchev–Trinajstić information content (AvgIpc) is 2.42. The Kier molecular flexibility index (Phi) is 4.25. The SMILES string of the molecule is COc1cccc(Oc2cc(C)ccc2F)c1C(C)O. The van der Waals surface area contributed by atoms with Crippen molar-refractivity contribution in [1.82, 2.24) is 0 Å². The molecule has 0 aliphatic heterocycles. The first-order valence-electron chi connectivity index (χ1n) is 6.32. The van der Waals surface area contributed by atoms with E-state index in [-0.39, 0.29) is 5.75 Å². The minimum Gasteiger partial charge on any atom is -0.496 e. The number of aliphatic hydroxyl groups is 1. The van der Waals surface area contributed by atoms with E-state index in [1.54, 1.807) is 37.3 Å². The number of aryl methyl sites for hydroxylation is 1. The molecule has 106 valence electrons. The topological polar surface area (TPSA) is 38.7 Å². The smallest absolute Gasteiger partial charge is 0.165 e. The maximum Gasteiger partial charge on any atom is 0.165 e. The van der Waals surface area contributed by atoms with Crippen molar-refractivity contribution < 1.29 is 19.0 Å². The number of ether oxygens (including phenoxy) is 2. The summed E-state index contributed by atoms with van der Waals surface area (Å²) in [5.41, 5.74) is 1.39. The Balaban J connectivity index is 2.45. The summed E-state index contributed by atoms with van der Waals surface area (Å²) in [4.78, 5) is 0. The number of benzene rings is 2. The van der Waals surface area contributed by atoms with Gasteiger partial charge in [0.15, 0.2) is 11.6 Å². The van der Waals surface area contributed by atoms with E-state index in [9.17, 15) is 9.50 Å². The molecule has 0 aliphatic rings. The molecule has 0 aliphatic carbocycles. The number of hydrogen-bond acceptors (Lipinski definition) is 3. The van der Waals surface area contributed by atoms with Crippen LogP contribution < -0.4 is 9.47 Å². The van der Waals surface area contributed by atoms with Crippen molar-refractivity contribution in [2.45, 2.75) is 20.0 Å². The van der Waals surface area contributed by atoms with Crippen LogP contribution in [0.3, 0.4) is 0 Å². The number of aliphatic hydroxyl groups excluding tert-OH is 1. The van der Waals surface area contributed by atoms with Crippen LogP contribution in [0.5, 0.6) is 17.2 Å². The van der Waals surface area contributed by atoms with E-state index < -0.39 is 11.9 Å². The third kappa shape index (κ3) is 2.91. The van der Waals surface area contributed by atoms with Crippen molar-refractivity contribution in [2.75, 3.05) is 7.11 Å². The number of rotatable bonds is 4. The van der Waals surface area contributed by atoms with E-state index in [1.807, 2.05) is 6.92 Å². The predicted molar refractivity (Wildman–Crippen MR) is 74.8 cm³/mol. The zero-order chi connectivity index (χ0) is 14.7. The maximum atomic E-state index is 13.8. The zero-order valence-corrected chi connectivity index (χ0v) is 11.7. The number of hydrogen-bond donors (Lipinski definition) is 1. The predicted octanol–water partition coefficient (Wildman–Crippen LogP) is 3.99. The quantitative estimate of drug-likeness (QED) is 0.917. The van der Waals surface area contributed by atoms with Crippen molar-refractivity contribution in [2.24, 2.45) is 0 Å². The Morgan fingerprint density at radius 3 is 2.45 bits per heavy atom. The lowest BCUT2D eigenvalue weighted by molar-refractivity contribution is 0.190. The Morgan fingerprint density at radius 1 is 1.10 bits per heavy atom. The van der Waals surface area contributed by atoms with Crippen LogP contribution in [-0.2, 0) is 0 Å². The maximum absolute atomic E-state index is 13.8. The Hall–Kier alpha value is -2.07. The minimum atomic E-state index is -0.783. The summed E-state index contributed by atoms with van der Waals surface area (Å²) in [5.74, 6) is 0.560. The van der Waals surface area contributed by atoms with Gasteiger partial charge < -0.3 is 14.6 Å². The third-order valence-corrected chi connectivity index (χ3v) is 2.97. The summed E-state index contributed by atoms with van der Waals surface area (Å²) >= 11 is 0. The fourth-order valence-electron chi connectivity index (χ4n) is 2.01. The second kappa shape index (κ2) is 5.92. The molecule has 0 heterocycles. The lowest BCUT2D eigenvalue weighted by atomic mass is 10.1. The molecule has 0 amide bonds. The van der Waals surface area contributed by atoms with E-state index in [4.69, 9.17) is 9.47 Å². The monoisotopic (exact) mass is 276 g/mol.